The van der Waals surface area contributed by atoms with Crippen molar-refractivity contribution in [3.05, 3.63) is 48.7 Å². The van der Waals surface area contributed by atoms with E-state index >= 15 is 0 Å². The average Bonchev–Trinajstić information content (AvgIpc) is 2.75. The second-order valence-electron chi connectivity index (χ2n) is 6.64. The summed E-state index contributed by atoms with van der Waals surface area (Å²) < 4.78 is 10.8. The molecule has 0 radical (unpaired) electrons. The normalized spacial score (nSPS) is 16.3. The van der Waals surface area contributed by atoms with Crippen molar-refractivity contribution in [3.8, 4) is 11.6 Å². The Labute approximate surface area is 164 Å². The van der Waals surface area contributed by atoms with Gasteiger partial charge in [0.05, 0.1) is 26.1 Å². The average molecular weight is 383 g/mol. The van der Waals surface area contributed by atoms with Crippen molar-refractivity contribution in [3.63, 3.8) is 0 Å². The van der Waals surface area contributed by atoms with Crippen LogP contribution in [0.25, 0.3) is 0 Å². The lowest BCUT2D eigenvalue weighted by Crippen LogP contribution is -2.44. The number of carbonyl (C=O) groups excluding carboxylic acids is 2. The number of aromatic nitrogens is 1. The number of benzene rings is 1. The van der Waals surface area contributed by atoms with Crippen molar-refractivity contribution in [2.45, 2.75) is 19.3 Å². The van der Waals surface area contributed by atoms with Crippen LogP contribution in [-0.2, 0) is 9.59 Å². The number of amides is 2. The Morgan fingerprint density at radius 2 is 2.04 bits per heavy atom. The molecule has 2 aromatic rings. The quantitative estimate of drug-likeness (QED) is 0.795. The summed E-state index contributed by atoms with van der Waals surface area (Å²) in [5.41, 5.74) is 0.537. The first-order valence-electron chi connectivity index (χ1n) is 9.43. The third-order valence-electron chi connectivity index (χ3n) is 4.70. The minimum Gasteiger partial charge on any atom is -0.493 e. The summed E-state index contributed by atoms with van der Waals surface area (Å²) in [5.74, 6) is 0.753. The molecular formula is C21H25N3O4. The van der Waals surface area contributed by atoms with E-state index in [-0.39, 0.29) is 17.7 Å². The number of likely N-dealkylation sites (tertiary alicyclic amines) is 1. The predicted molar refractivity (Wildman–Crippen MR) is 105 cm³/mol. The fourth-order valence-corrected chi connectivity index (χ4v) is 3.23. The molecule has 0 saturated carbocycles. The summed E-state index contributed by atoms with van der Waals surface area (Å²) in [6.07, 6.45) is 3.44. The molecule has 0 bridgehead atoms. The fourth-order valence-electron chi connectivity index (χ4n) is 3.23. The molecule has 1 aliphatic heterocycles. The number of rotatable bonds is 7. The van der Waals surface area contributed by atoms with Crippen LogP contribution in [0.2, 0.25) is 0 Å². The van der Waals surface area contributed by atoms with Gasteiger partial charge in [0.25, 0.3) is 0 Å². The summed E-state index contributed by atoms with van der Waals surface area (Å²) in [7, 11) is 1.51. The molecule has 148 valence electrons. The number of nitrogens with one attached hydrogen (secondary N) is 1. The maximum Gasteiger partial charge on any atom is 0.237 e. The molecule has 2 heterocycles. The molecule has 0 aliphatic carbocycles. The topological polar surface area (TPSA) is 80.8 Å². The predicted octanol–water partition coefficient (Wildman–Crippen LogP) is 2.74. The molecule has 1 unspecified atom stereocenters. The third-order valence-corrected chi connectivity index (χ3v) is 4.70. The van der Waals surface area contributed by atoms with Crippen LogP contribution in [0, 0.1) is 5.92 Å². The summed E-state index contributed by atoms with van der Waals surface area (Å²) in [5, 5.41) is 2.87. The SMILES string of the molecule is COc1ncccc1NC(=O)C1CCCN(C(=O)CCOc2ccccc2)C1. The van der Waals surface area contributed by atoms with Crippen LogP contribution in [0.4, 0.5) is 5.69 Å². The highest BCUT2D eigenvalue weighted by Crippen LogP contribution is 2.23. The number of ether oxygens (including phenoxy) is 2. The lowest BCUT2D eigenvalue weighted by atomic mass is 9.96. The Hall–Kier alpha value is -3.09. The molecule has 1 saturated heterocycles. The monoisotopic (exact) mass is 383 g/mol. The lowest BCUT2D eigenvalue weighted by Gasteiger charge is -2.32. The van der Waals surface area contributed by atoms with Crippen molar-refractivity contribution in [2.75, 3.05) is 32.1 Å². The van der Waals surface area contributed by atoms with Gasteiger partial charge in [-0.1, -0.05) is 18.2 Å². The van der Waals surface area contributed by atoms with Crippen LogP contribution in [-0.4, -0.2) is 48.5 Å². The van der Waals surface area contributed by atoms with Gasteiger partial charge in [-0.25, -0.2) is 4.98 Å². The molecule has 7 heteroatoms. The lowest BCUT2D eigenvalue weighted by molar-refractivity contribution is -0.135. The number of piperidine rings is 1. The van der Waals surface area contributed by atoms with Crippen molar-refractivity contribution in [2.24, 2.45) is 5.92 Å². The fraction of sp³-hybridized carbons (Fsp3) is 0.381. The van der Waals surface area contributed by atoms with Crippen molar-refractivity contribution in [1.82, 2.24) is 9.88 Å². The molecule has 1 aliphatic rings. The largest absolute Gasteiger partial charge is 0.493 e. The standard InChI is InChI=1S/C21H25N3O4/c1-27-21-18(10-5-12-22-21)23-20(26)16-7-6-13-24(15-16)19(25)11-14-28-17-8-3-2-4-9-17/h2-5,8-10,12,16H,6-7,11,13-15H2,1H3,(H,23,26). The summed E-state index contributed by atoms with van der Waals surface area (Å²) >= 11 is 0. The van der Waals surface area contributed by atoms with Gasteiger partial charge >= 0.3 is 0 Å². The van der Waals surface area contributed by atoms with Gasteiger partial charge in [-0.2, -0.15) is 0 Å². The van der Waals surface area contributed by atoms with Crippen LogP contribution >= 0.6 is 0 Å². The van der Waals surface area contributed by atoms with E-state index in [1.54, 1.807) is 23.2 Å². The van der Waals surface area contributed by atoms with Gasteiger partial charge in [0, 0.05) is 19.3 Å². The number of para-hydroxylation sites is 1. The Morgan fingerprint density at radius 1 is 1.21 bits per heavy atom. The van der Waals surface area contributed by atoms with Crippen LogP contribution in [0.5, 0.6) is 11.6 Å². The van der Waals surface area contributed by atoms with Crippen LogP contribution in [0.1, 0.15) is 19.3 Å². The Kier molecular flexibility index (Phi) is 6.84. The first-order valence-corrected chi connectivity index (χ1v) is 9.43. The van der Waals surface area contributed by atoms with E-state index in [9.17, 15) is 9.59 Å². The number of carbonyl (C=O) groups is 2. The van der Waals surface area contributed by atoms with Crippen LogP contribution in [0.3, 0.4) is 0 Å². The number of hydrogen-bond acceptors (Lipinski definition) is 5. The number of nitrogens with zero attached hydrogens (tertiary/aromatic N) is 2. The van der Waals surface area contributed by atoms with Gasteiger partial charge in [-0.3, -0.25) is 9.59 Å². The number of pyridine rings is 1. The third kappa shape index (κ3) is 5.22. The van der Waals surface area contributed by atoms with E-state index < -0.39 is 0 Å². The van der Waals surface area contributed by atoms with Crippen LogP contribution < -0.4 is 14.8 Å². The van der Waals surface area contributed by atoms with Crippen molar-refractivity contribution >= 4 is 17.5 Å². The maximum atomic E-state index is 12.6. The molecule has 28 heavy (non-hydrogen) atoms. The first kappa shape index (κ1) is 19.7. The highest BCUT2D eigenvalue weighted by molar-refractivity contribution is 5.94. The molecule has 1 aromatic heterocycles. The molecule has 1 N–H and O–H groups in total. The van der Waals surface area contributed by atoms with Crippen molar-refractivity contribution < 1.29 is 19.1 Å². The van der Waals surface area contributed by atoms with Gasteiger partial charge in [-0.15, -0.1) is 0 Å². The minimum absolute atomic E-state index is 0.00684. The van der Waals surface area contributed by atoms with E-state index in [1.165, 1.54) is 7.11 Å². The maximum absolute atomic E-state index is 12.6. The summed E-state index contributed by atoms with van der Waals surface area (Å²) in [6, 6.07) is 12.9. The Morgan fingerprint density at radius 3 is 2.82 bits per heavy atom. The number of methoxy groups -OCH3 is 1. The Bertz CT molecular complexity index is 797. The van der Waals surface area contributed by atoms with E-state index in [0.29, 0.717) is 37.7 Å². The van der Waals surface area contributed by atoms with Crippen LogP contribution in [0.15, 0.2) is 48.7 Å². The highest BCUT2D eigenvalue weighted by Gasteiger charge is 2.28. The van der Waals surface area contributed by atoms with Gasteiger partial charge in [-0.05, 0) is 37.1 Å². The smallest absolute Gasteiger partial charge is 0.237 e. The zero-order valence-corrected chi connectivity index (χ0v) is 16.0. The van der Waals surface area contributed by atoms with E-state index in [2.05, 4.69) is 10.3 Å². The molecular weight excluding hydrogens is 358 g/mol. The number of hydrogen-bond donors (Lipinski definition) is 1. The van der Waals surface area contributed by atoms with Crippen molar-refractivity contribution in [1.29, 1.82) is 0 Å². The molecule has 0 spiro atoms. The highest BCUT2D eigenvalue weighted by atomic mass is 16.5. The van der Waals surface area contributed by atoms with Gasteiger partial charge in [0.1, 0.15) is 11.4 Å². The molecule has 1 fully saturated rings. The zero-order chi connectivity index (χ0) is 19.8. The summed E-state index contributed by atoms with van der Waals surface area (Å²) in [4.78, 5) is 31.0. The molecule has 1 atom stereocenters. The van der Waals surface area contributed by atoms with E-state index in [0.717, 1.165) is 18.6 Å². The second-order valence-corrected chi connectivity index (χ2v) is 6.64. The number of anilines is 1. The molecule has 2 amide bonds. The molecule has 1 aromatic carbocycles. The molecule has 3 rings (SSSR count). The van der Waals surface area contributed by atoms with Gasteiger partial charge in [0.15, 0.2) is 0 Å². The zero-order valence-electron chi connectivity index (χ0n) is 16.0. The van der Waals surface area contributed by atoms with E-state index in [1.807, 2.05) is 30.3 Å². The first-order chi connectivity index (χ1) is 13.7. The summed E-state index contributed by atoms with van der Waals surface area (Å²) in [6.45, 7) is 1.41. The molecule has 7 nitrogen and oxygen atoms in total. The minimum atomic E-state index is -0.252. The Balaban J connectivity index is 1.50. The van der Waals surface area contributed by atoms with Gasteiger partial charge < -0.3 is 19.7 Å². The second kappa shape index (κ2) is 9.73. The van der Waals surface area contributed by atoms with E-state index in [4.69, 9.17) is 9.47 Å². The van der Waals surface area contributed by atoms with Gasteiger partial charge in [0.2, 0.25) is 17.7 Å².